The van der Waals surface area contributed by atoms with Crippen LogP contribution < -0.4 is 14.8 Å². The Labute approximate surface area is 239 Å². The van der Waals surface area contributed by atoms with Crippen LogP contribution in [0.15, 0.2) is 67.4 Å². The zero-order valence-corrected chi connectivity index (χ0v) is 25.3. The van der Waals surface area contributed by atoms with Crippen molar-refractivity contribution in [1.29, 1.82) is 0 Å². The number of carbonyl (C=O) groups excluding carboxylic acids is 1. The van der Waals surface area contributed by atoms with Crippen LogP contribution in [0.3, 0.4) is 0 Å². The second-order valence-corrected chi connectivity index (χ2v) is 11.7. The van der Waals surface area contributed by atoms with Gasteiger partial charge in [-0.25, -0.2) is 4.99 Å². The predicted molar refractivity (Wildman–Crippen MR) is 159 cm³/mol. The van der Waals surface area contributed by atoms with Crippen LogP contribution in [0.2, 0.25) is 0 Å². The molecule has 180 valence electrons. The summed E-state index contributed by atoms with van der Waals surface area (Å²) in [6.07, 6.45) is 1.84. The molecule has 9 heteroatoms. The van der Waals surface area contributed by atoms with Gasteiger partial charge in [0.2, 0.25) is 0 Å². The van der Waals surface area contributed by atoms with E-state index in [2.05, 4.69) is 64.8 Å². The van der Waals surface area contributed by atoms with E-state index < -0.39 is 0 Å². The maximum atomic E-state index is 12.6. The monoisotopic (exact) mass is 726 g/mol. The van der Waals surface area contributed by atoms with Gasteiger partial charge in [-0.15, -0.1) is 0 Å². The number of thioether (sulfide) groups is 1. The molecular weight excluding hydrogens is 707 g/mol. The Morgan fingerprint density at radius 2 is 1.77 bits per heavy atom. The van der Waals surface area contributed by atoms with Gasteiger partial charge in [0.25, 0.3) is 5.91 Å². The van der Waals surface area contributed by atoms with E-state index in [0.29, 0.717) is 28.2 Å². The molecular formula is C26H21Br2IN2O3S. The molecule has 0 spiro atoms. The third-order valence-electron chi connectivity index (χ3n) is 5.15. The fraction of sp³-hybridized carbons (Fsp3) is 0.154. The Bertz CT molecular complexity index is 1330. The van der Waals surface area contributed by atoms with Gasteiger partial charge >= 0.3 is 0 Å². The molecule has 0 atom stereocenters. The molecule has 1 aliphatic heterocycles. The lowest BCUT2D eigenvalue weighted by Crippen LogP contribution is -2.19. The van der Waals surface area contributed by atoms with E-state index in [4.69, 9.17) is 9.47 Å². The number of hydrogen-bond donors (Lipinski definition) is 1. The van der Waals surface area contributed by atoms with Crippen LogP contribution >= 0.6 is 66.2 Å². The smallest absolute Gasteiger partial charge is 0.264 e. The summed E-state index contributed by atoms with van der Waals surface area (Å²) in [5.74, 6) is 1.10. The number of amidine groups is 1. The first-order valence-corrected chi connectivity index (χ1v) is 14.0. The number of methoxy groups -OCH3 is 1. The van der Waals surface area contributed by atoms with Gasteiger partial charge in [0, 0.05) is 8.95 Å². The molecule has 1 fully saturated rings. The van der Waals surface area contributed by atoms with E-state index in [-0.39, 0.29) is 5.91 Å². The summed E-state index contributed by atoms with van der Waals surface area (Å²) in [4.78, 5) is 17.8. The average molecular weight is 728 g/mol. The summed E-state index contributed by atoms with van der Waals surface area (Å²) >= 11 is 10.6. The largest absolute Gasteiger partial charge is 0.493 e. The van der Waals surface area contributed by atoms with E-state index >= 15 is 0 Å². The molecule has 0 radical (unpaired) electrons. The number of carbonyl (C=O) groups is 1. The number of amides is 1. The van der Waals surface area contributed by atoms with Crippen molar-refractivity contribution in [2.24, 2.45) is 4.99 Å². The molecule has 0 unspecified atom stereocenters. The molecule has 1 saturated heterocycles. The highest BCUT2D eigenvalue weighted by molar-refractivity contribution is 14.1. The van der Waals surface area contributed by atoms with Gasteiger partial charge in [-0.05, 0) is 113 Å². The minimum atomic E-state index is -0.177. The maximum Gasteiger partial charge on any atom is 0.264 e. The fourth-order valence-corrected chi connectivity index (χ4v) is 5.55. The number of hydrogen-bond acceptors (Lipinski definition) is 5. The Morgan fingerprint density at radius 1 is 1.09 bits per heavy atom. The highest BCUT2D eigenvalue weighted by Crippen LogP contribution is 2.37. The third kappa shape index (κ3) is 6.49. The molecule has 5 nitrogen and oxygen atoms in total. The van der Waals surface area contributed by atoms with Crippen molar-refractivity contribution in [2.45, 2.75) is 20.5 Å². The summed E-state index contributed by atoms with van der Waals surface area (Å²) < 4.78 is 14.6. The van der Waals surface area contributed by atoms with Crippen LogP contribution in [0.5, 0.6) is 11.5 Å². The zero-order valence-electron chi connectivity index (χ0n) is 19.1. The molecule has 35 heavy (non-hydrogen) atoms. The van der Waals surface area contributed by atoms with Crippen molar-refractivity contribution < 1.29 is 14.3 Å². The van der Waals surface area contributed by atoms with E-state index in [0.717, 1.165) is 40.5 Å². The molecule has 4 rings (SSSR count). The number of rotatable bonds is 6. The number of nitrogens with one attached hydrogen (secondary N) is 1. The van der Waals surface area contributed by atoms with Crippen LogP contribution in [0, 0.1) is 17.4 Å². The zero-order chi connectivity index (χ0) is 25.1. The maximum absolute atomic E-state index is 12.6. The lowest BCUT2D eigenvalue weighted by molar-refractivity contribution is -0.115. The summed E-state index contributed by atoms with van der Waals surface area (Å²) in [6, 6.07) is 15.8. The van der Waals surface area contributed by atoms with Crippen molar-refractivity contribution in [1.82, 2.24) is 5.32 Å². The van der Waals surface area contributed by atoms with Crippen LogP contribution in [-0.2, 0) is 11.4 Å². The third-order valence-corrected chi connectivity index (χ3v) is 8.64. The molecule has 3 aromatic carbocycles. The van der Waals surface area contributed by atoms with Gasteiger partial charge in [-0.2, -0.15) is 0 Å². The summed E-state index contributed by atoms with van der Waals surface area (Å²) in [5, 5.41) is 3.41. The van der Waals surface area contributed by atoms with Gasteiger partial charge in [0.15, 0.2) is 16.7 Å². The topological polar surface area (TPSA) is 59.9 Å². The lowest BCUT2D eigenvalue weighted by Gasteiger charge is -2.14. The van der Waals surface area contributed by atoms with E-state index in [1.165, 1.54) is 11.8 Å². The summed E-state index contributed by atoms with van der Waals surface area (Å²) in [5.41, 5.74) is 4.89. The normalized spacial score (nSPS) is 15.5. The van der Waals surface area contributed by atoms with Crippen LogP contribution in [-0.4, -0.2) is 18.2 Å². The molecule has 0 bridgehead atoms. The Kier molecular flexibility index (Phi) is 8.62. The molecule has 0 aliphatic carbocycles. The van der Waals surface area contributed by atoms with Crippen LogP contribution in [0.1, 0.15) is 22.3 Å². The van der Waals surface area contributed by atoms with E-state index in [1.807, 2.05) is 68.5 Å². The molecule has 0 saturated carbocycles. The van der Waals surface area contributed by atoms with E-state index in [9.17, 15) is 4.79 Å². The molecule has 1 aliphatic rings. The lowest BCUT2D eigenvalue weighted by atomic mass is 10.1. The predicted octanol–water partition coefficient (Wildman–Crippen LogP) is 7.91. The van der Waals surface area contributed by atoms with E-state index in [1.54, 1.807) is 7.11 Å². The molecule has 1 heterocycles. The second kappa shape index (κ2) is 11.5. The van der Waals surface area contributed by atoms with Crippen LogP contribution in [0.25, 0.3) is 6.08 Å². The molecule has 0 aromatic heterocycles. The highest BCUT2D eigenvalue weighted by Gasteiger charge is 2.24. The van der Waals surface area contributed by atoms with Crippen molar-refractivity contribution in [3.05, 3.63) is 88.2 Å². The SMILES string of the molecule is COc1cc(/C=C2\SC(=Nc3cc(C)c(Br)c(C)c3)NC2=O)cc(I)c1OCc1ccc(Br)cc1. The Hall–Kier alpha value is -1.82. The van der Waals surface area contributed by atoms with Gasteiger partial charge in [0.1, 0.15) is 6.61 Å². The quantitative estimate of drug-likeness (QED) is 0.207. The number of ether oxygens (including phenoxy) is 2. The summed E-state index contributed by atoms with van der Waals surface area (Å²) in [6.45, 7) is 4.47. The standard InChI is InChI=1S/C26H21Br2IN2O3S/c1-14-8-19(9-15(2)23(14)28)30-26-31-25(32)22(35-26)12-17-10-20(29)24(21(11-17)33-3)34-13-16-4-6-18(27)7-5-16/h4-12H,13H2,1-3H3,(H,30,31,32)/b22-12-. The van der Waals surface area contributed by atoms with Gasteiger partial charge in [-0.3, -0.25) is 4.79 Å². The van der Waals surface area contributed by atoms with Crippen LogP contribution in [0.4, 0.5) is 5.69 Å². The first kappa shape index (κ1) is 26.2. The van der Waals surface area contributed by atoms with Gasteiger partial charge in [-0.1, -0.05) is 44.0 Å². The second-order valence-electron chi connectivity index (χ2n) is 7.82. The molecule has 3 aromatic rings. The van der Waals surface area contributed by atoms with Crippen molar-refractivity contribution >= 4 is 89.1 Å². The Balaban J connectivity index is 1.54. The highest BCUT2D eigenvalue weighted by atomic mass is 127. The number of aliphatic imine (C=N–C) groups is 1. The first-order valence-electron chi connectivity index (χ1n) is 10.5. The Morgan fingerprint density at radius 3 is 2.43 bits per heavy atom. The average Bonchev–Trinajstić information content (AvgIpc) is 3.15. The van der Waals surface area contributed by atoms with Gasteiger partial charge < -0.3 is 14.8 Å². The first-order chi connectivity index (χ1) is 16.7. The molecule has 1 amide bonds. The van der Waals surface area contributed by atoms with Crippen molar-refractivity contribution in [3.8, 4) is 11.5 Å². The molecule has 1 N–H and O–H groups in total. The fourth-order valence-electron chi connectivity index (χ4n) is 3.44. The minimum absolute atomic E-state index is 0.177. The van der Waals surface area contributed by atoms with Gasteiger partial charge in [0.05, 0.1) is 21.3 Å². The summed E-state index contributed by atoms with van der Waals surface area (Å²) in [7, 11) is 1.61. The minimum Gasteiger partial charge on any atom is -0.493 e. The van der Waals surface area contributed by atoms with Crippen molar-refractivity contribution in [3.63, 3.8) is 0 Å². The number of aryl methyl sites for hydroxylation is 2. The number of nitrogens with zero attached hydrogens (tertiary/aromatic N) is 1. The number of benzene rings is 3. The van der Waals surface area contributed by atoms with Crippen molar-refractivity contribution in [2.75, 3.05) is 7.11 Å². The number of halogens is 3.